The Morgan fingerprint density at radius 1 is 1.41 bits per heavy atom. The highest BCUT2D eigenvalue weighted by Gasteiger charge is 2.35. The maximum atomic E-state index is 12.5. The second-order valence-electron chi connectivity index (χ2n) is 4.97. The molecular weight excluding hydrogens is 321 g/mol. The number of rotatable bonds is 2. The second kappa shape index (κ2) is 6.12. The van der Waals surface area contributed by atoms with E-state index < -0.39 is 17.2 Å². The van der Waals surface area contributed by atoms with Gasteiger partial charge in [-0.05, 0) is 18.5 Å². The van der Waals surface area contributed by atoms with Crippen LogP contribution in [0.5, 0.6) is 0 Å². The number of anilines is 1. The van der Waals surface area contributed by atoms with Crippen molar-refractivity contribution in [2.24, 2.45) is 0 Å². The van der Waals surface area contributed by atoms with Crippen molar-refractivity contribution < 1.29 is 18.0 Å². The van der Waals surface area contributed by atoms with Crippen LogP contribution < -0.4 is 4.90 Å². The molecule has 5 nitrogen and oxygen atoms in total. The molecule has 0 radical (unpaired) electrons. The molecule has 0 aliphatic carbocycles. The number of hydrogen-bond acceptors (Lipinski definition) is 4. The zero-order valence-electron chi connectivity index (χ0n) is 11.7. The molecule has 1 aromatic rings. The van der Waals surface area contributed by atoms with Gasteiger partial charge in [0.05, 0.1) is 18.4 Å². The van der Waals surface area contributed by atoms with Crippen molar-refractivity contribution >= 4 is 22.8 Å². The lowest BCUT2D eigenvalue weighted by atomic mass is 10.1. The van der Waals surface area contributed by atoms with Gasteiger partial charge >= 0.3 is 11.5 Å². The minimum atomic E-state index is -4.52. The third kappa shape index (κ3) is 3.32. The summed E-state index contributed by atoms with van der Waals surface area (Å²) in [5, 5.41) is -0.587. The summed E-state index contributed by atoms with van der Waals surface area (Å²) >= 11 is 5.56. The van der Waals surface area contributed by atoms with E-state index in [0.29, 0.717) is 25.1 Å². The fourth-order valence-electron chi connectivity index (χ4n) is 2.43. The molecule has 22 heavy (non-hydrogen) atoms. The van der Waals surface area contributed by atoms with Crippen LogP contribution >= 0.6 is 11.6 Å². The number of amides is 1. The fourth-order valence-corrected chi connectivity index (χ4v) is 2.72. The van der Waals surface area contributed by atoms with E-state index in [-0.39, 0.29) is 12.1 Å². The highest BCUT2D eigenvalue weighted by Crippen LogP contribution is 2.28. The molecule has 2 atom stereocenters. The maximum absolute atomic E-state index is 12.5. The Balaban J connectivity index is 2.20. The van der Waals surface area contributed by atoms with Crippen LogP contribution in [0.25, 0.3) is 0 Å². The molecule has 0 saturated carbocycles. The molecule has 0 spiro atoms. The Hall–Kier alpha value is -1.83. The van der Waals surface area contributed by atoms with E-state index in [9.17, 15) is 18.0 Å². The molecule has 2 rings (SSSR count). The van der Waals surface area contributed by atoms with Crippen LogP contribution in [0.15, 0.2) is 25.0 Å². The van der Waals surface area contributed by atoms with Crippen LogP contribution in [-0.4, -0.2) is 45.4 Å². The average Bonchev–Trinajstić information content (AvgIpc) is 2.45. The Kier molecular flexibility index (Phi) is 4.60. The molecule has 2 heterocycles. The van der Waals surface area contributed by atoms with Gasteiger partial charge in [0.25, 0.3) is 0 Å². The largest absolute Gasteiger partial charge is 0.434 e. The van der Waals surface area contributed by atoms with E-state index in [1.807, 2.05) is 0 Å². The van der Waals surface area contributed by atoms with Gasteiger partial charge < -0.3 is 9.80 Å². The van der Waals surface area contributed by atoms with Crippen molar-refractivity contribution in [3.8, 4) is 0 Å². The van der Waals surface area contributed by atoms with Crippen molar-refractivity contribution in [2.45, 2.75) is 25.2 Å². The molecule has 1 saturated heterocycles. The molecule has 0 N–H and O–H groups in total. The second-order valence-corrected chi connectivity index (χ2v) is 5.30. The van der Waals surface area contributed by atoms with E-state index >= 15 is 0 Å². The van der Waals surface area contributed by atoms with Crippen LogP contribution in [-0.2, 0) is 6.18 Å². The number of carbonyl (C=O) groups is 1. The number of alkyl halides is 3. The Morgan fingerprint density at radius 3 is 2.55 bits per heavy atom. The van der Waals surface area contributed by atoms with E-state index in [2.05, 4.69) is 16.5 Å². The van der Waals surface area contributed by atoms with Gasteiger partial charge in [0.15, 0.2) is 5.69 Å². The van der Waals surface area contributed by atoms with Crippen molar-refractivity contribution in [3.05, 3.63) is 30.7 Å². The van der Waals surface area contributed by atoms with E-state index in [0.717, 1.165) is 6.20 Å². The van der Waals surface area contributed by atoms with Gasteiger partial charge in [-0.15, -0.1) is 6.58 Å². The number of nitrogens with zero attached hydrogens (tertiary/aromatic N) is 4. The molecule has 0 bridgehead atoms. The first-order chi connectivity index (χ1) is 10.2. The van der Waals surface area contributed by atoms with Gasteiger partial charge in [0.1, 0.15) is 5.82 Å². The molecular formula is C13H14ClF3N4O. The Morgan fingerprint density at radius 2 is 2.09 bits per heavy atom. The lowest BCUT2D eigenvalue weighted by molar-refractivity contribution is -0.141. The van der Waals surface area contributed by atoms with Gasteiger partial charge in [0, 0.05) is 19.1 Å². The molecule has 120 valence electrons. The van der Waals surface area contributed by atoms with Crippen LogP contribution in [0.1, 0.15) is 12.6 Å². The summed E-state index contributed by atoms with van der Waals surface area (Å²) in [5.41, 5.74) is -1.04. The topological polar surface area (TPSA) is 49.3 Å². The Labute approximate surface area is 130 Å². The van der Waals surface area contributed by atoms with Crippen molar-refractivity contribution in [3.63, 3.8) is 0 Å². The SMILES string of the molecule is C=C[C@@H]1CN(c2cnc(C(F)(F)F)cn2)C[C@H](C)N1C(=O)Cl. The van der Waals surface area contributed by atoms with E-state index in [1.165, 1.54) is 4.90 Å². The molecule has 1 aliphatic rings. The smallest absolute Gasteiger partial charge is 0.351 e. The van der Waals surface area contributed by atoms with Gasteiger partial charge in [-0.1, -0.05) is 6.08 Å². The normalized spacial score (nSPS) is 22.6. The number of carbonyl (C=O) groups excluding carboxylic acids is 1. The predicted octanol–water partition coefficient (Wildman–Crippen LogP) is 2.92. The number of halogens is 4. The first kappa shape index (κ1) is 16.5. The van der Waals surface area contributed by atoms with Crippen LogP contribution in [0.3, 0.4) is 0 Å². The third-order valence-electron chi connectivity index (χ3n) is 3.45. The summed E-state index contributed by atoms with van der Waals surface area (Å²) in [5.74, 6) is 0.313. The van der Waals surface area contributed by atoms with Crippen molar-refractivity contribution in [2.75, 3.05) is 18.0 Å². The fraction of sp³-hybridized carbons (Fsp3) is 0.462. The lowest BCUT2D eigenvalue weighted by Crippen LogP contribution is -2.58. The van der Waals surface area contributed by atoms with Crippen LogP contribution in [0.2, 0.25) is 0 Å². The average molecular weight is 335 g/mol. The van der Waals surface area contributed by atoms with Crippen molar-refractivity contribution in [1.82, 2.24) is 14.9 Å². The first-order valence-corrected chi connectivity index (χ1v) is 6.86. The summed E-state index contributed by atoms with van der Waals surface area (Å²) in [6.45, 7) is 6.19. The zero-order chi connectivity index (χ0) is 16.5. The van der Waals surface area contributed by atoms with Gasteiger partial charge in [-0.3, -0.25) is 4.79 Å². The van der Waals surface area contributed by atoms with E-state index in [4.69, 9.17) is 11.6 Å². The maximum Gasteiger partial charge on any atom is 0.434 e. The summed E-state index contributed by atoms with van der Waals surface area (Å²) in [6, 6.07) is -0.580. The quantitative estimate of drug-likeness (QED) is 0.474. The number of aromatic nitrogens is 2. The number of hydrogen-bond donors (Lipinski definition) is 0. The summed E-state index contributed by atoms with van der Waals surface area (Å²) in [7, 11) is 0. The molecule has 0 unspecified atom stereocenters. The third-order valence-corrected chi connectivity index (χ3v) is 3.65. The van der Waals surface area contributed by atoms with Gasteiger partial charge in [0.2, 0.25) is 0 Å². The zero-order valence-corrected chi connectivity index (χ0v) is 12.5. The van der Waals surface area contributed by atoms with Crippen LogP contribution in [0.4, 0.5) is 23.8 Å². The highest BCUT2D eigenvalue weighted by atomic mass is 35.5. The van der Waals surface area contributed by atoms with Gasteiger partial charge in [-0.2, -0.15) is 13.2 Å². The number of piperazine rings is 1. The molecule has 1 fully saturated rings. The standard InChI is InChI=1S/C13H14ClF3N4O/c1-3-9-7-20(6-8(2)21(9)12(14)22)11-5-18-10(4-19-11)13(15,16)17/h3-5,8-9H,1,6-7H2,2H3/t8-,9+/m0/s1. The predicted molar refractivity (Wildman–Crippen MR) is 75.8 cm³/mol. The summed E-state index contributed by atoms with van der Waals surface area (Å²) in [6.07, 6.45) is -1.18. The molecule has 9 heteroatoms. The minimum Gasteiger partial charge on any atom is -0.351 e. The molecule has 1 aromatic heterocycles. The summed E-state index contributed by atoms with van der Waals surface area (Å²) in [4.78, 5) is 21.9. The molecule has 0 aromatic carbocycles. The van der Waals surface area contributed by atoms with Crippen LogP contribution in [0, 0.1) is 0 Å². The molecule has 1 aliphatic heterocycles. The highest BCUT2D eigenvalue weighted by molar-refractivity contribution is 6.62. The van der Waals surface area contributed by atoms with E-state index in [1.54, 1.807) is 17.9 Å². The lowest BCUT2D eigenvalue weighted by Gasteiger charge is -2.43. The van der Waals surface area contributed by atoms with Gasteiger partial charge in [-0.25, -0.2) is 9.97 Å². The molecule has 1 amide bonds. The summed E-state index contributed by atoms with van der Waals surface area (Å²) < 4.78 is 37.5. The minimum absolute atomic E-state index is 0.231. The Bertz CT molecular complexity index is 563. The van der Waals surface area contributed by atoms with Crippen molar-refractivity contribution in [1.29, 1.82) is 0 Å². The first-order valence-electron chi connectivity index (χ1n) is 6.48. The monoisotopic (exact) mass is 334 g/mol.